The molecule has 0 saturated carbocycles. The zero-order chi connectivity index (χ0) is 15.0. The molecule has 118 valence electrons. The summed E-state index contributed by atoms with van der Waals surface area (Å²) < 4.78 is 5.41. The highest BCUT2D eigenvalue weighted by molar-refractivity contribution is 5.68. The topological polar surface area (TPSA) is 55.6 Å². The third-order valence-corrected chi connectivity index (χ3v) is 3.83. The molecular weight excluding hydrogens is 252 g/mol. The third kappa shape index (κ3) is 7.13. The van der Waals surface area contributed by atoms with Crippen LogP contribution in [-0.2, 0) is 4.74 Å². The monoisotopic (exact) mass is 284 g/mol. The molecule has 20 heavy (non-hydrogen) atoms. The molecule has 1 rings (SSSR count). The van der Waals surface area contributed by atoms with Gasteiger partial charge in [0, 0.05) is 13.1 Å². The van der Waals surface area contributed by atoms with Crippen molar-refractivity contribution in [3.8, 4) is 0 Å². The number of amides is 1. The Morgan fingerprint density at radius 2 is 1.75 bits per heavy atom. The molecule has 0 aromatic rings. The van der Waals surface area contributed by atoms with Crippen LogP contribution >= 0.6 is 0 Å². The zero-order valence-electron chi connectivity index (χ0n) is 13.5. The number of hydrogen-bond acceptors (Lipinski definition) is 3. The van der Waals surface area contributed by atoms with Crippen LogP contribution in [0.15, 0.2) is 0 Å². The van der Waals surface area contributed by atoms with Crippen LogP contribution < -0.4 is 5.73 Å². The molecule has 1 aliphatic heterocycles. The molecule has 0 aromatic heterocycles. The van der Waals surface area contributed by atoms with Gasteiger partial charge in [-0.25, -0.2) is 4.79 Å². The van der Waals surface area contributed by atoms with Crippen LogP contribution in [0.25, 0.3) is 0 Å². The van der Waals surface area contributed by atoms with Crippen molar-refractivity contribution in [1.82, 2.24) is 4.90 Å². The smallest absolute Gasteiger partial charge is 0.410 e. The molecule has 0 unspecified atom stereocenters. The Morgan fingerprint density at radius 3 is 2.30 bits per heavy atom. The van der Waals surface area contributed by atoms with Crippen LogP contribution in [0, 0.1) is 5.92 Å². The Balaban J connectivity index is 2.15. The molecule has 0 aromatic carbocycles. The van der Waals surface area contributed by atoms with Gasteiger partial charge in [0.15, 0.2) is 0 Å². The van der Waals surface area contributed by atoms with E-state index in [-0.39, 0.29) is 6.09 Å². The highest BCUT2D eigenvalue weighted by Gasteiger charge is 2.26. The number of nitrogens with two attached hydrogens (primary N) is 1. The summed E-state index contributed by atoms with van der Waals surface area (Å²) in [7, 11) is 0. The van der Waals surface area contributed by atoms with Crippen LogP contribution in [-0.4, -0.2) is 36.2 Å². The molecule has 1 amide bonds. The summed E-state index contributed by atoms with van der Waals surface area (Å²) in [6, 6.07) is 0. The minimum absolute atomic E-state index is 0.154. The summed E-state index contributed by atoms with van der Waals surface area (Å²) in [5, 5.41) is 0. The maximum Gasteiger partial charge on any atom is 0.410 e. The average molecular weight is 284 g/mol. The van der Waals surface area contributed by atoms with Crippen LogP contribution in [0.4, 0.5) is 4.79 Å². The lowest BCUT2D eigenvalue weighted by atomic mass is 9.91. The van der Waals surface area contributed by atoms with Gasteiger partial charge in [0.1, 0.15) is 5.60 Å². The van der Waals surface area contributed by atoms with Gasteiger partial charge >= 0.3 is 6.09 Å². The average Bonchev–Trinajstić information content (AvgIpc) is 2.37. The first-order valence-electron chi connectivity index (χ1n) is 8.10. The fourth-order valence-electron chi connectivity index (χ4n) is 2.66. The molecule has 0 spiro atoms. The minimum atomic E-state index is -0.392. The number of carbonyl (C=O) groups excluding carboxylic acids is 1. The Kier molecular flexibility index (Phi) is 7.35. The fourth-order valence-corrected chi connectivity index (χ4v) is 2.66. The van der Waals surface area contributed by atoms with E-state index in [0.717, 1.165) is 44.8 Å². The van der Waals surface area contributed by atoms with Crippen LogP contribution in [0.1, 0.15) is 65.7 Å². The molecule has 1 aliphatic rings. The van der Waals surface area contributed by atoms with E-state index in [1.54, 1.807) is 0 Å². The van der Waals surface area contributed by atoms with Gasteiger partial charge in [-0.1, -0.05) is 25.7 Å². The summed E-state index contributed by atoms with van der Waals surface area (Å²) in [6.07, 6.45) is 8.39. The van der Waals surface area contributed by atoms with Crippen molar-refractivity contribution in [3.63, 3.8) is 0 Å². The first kappa shape index (κ1) is 17.3. The SMILES string of the molecule is CC(C)(C)OC(=O)N1CCC(CCCCCCN)CC1. The van der Waals surface area contributed by atoms with Crippen molar-refractivity contribution < 1.29 is 9.53 Å². The van der Waals surface area contributed by atoms with Crippen LogP contribution in [0.2, 0.25) is 0 Å². The van der Waals surface area contributed by atoms with Crippen molar-refractivity contribution in [2.75, 3.05) is 19.6 Å². The lowest BCUT2D eigenvalue weighted by Gasteiger charge is -2.33. The van der Waals surface area contributed by atoms with E-state index in [0.29, 0.717) is 0 Å². The molecule has 0 bridgehead atoms. The van der Waals surface area contributed by atoms with E-state index in [2.05, 4.69) is 0 Å². The fraction of sp³-hybridized carbons (Fsp3) is 0.938. The highest BCUT2D eigenvalue weighted by atomic mass is 16.6. The van der Waals surface area contributed by atoms with Gasteiger partial charge in [0.05, 0.1) is 0 Å². The predicted molar refractivity (Wildman–Crippen MR) is 82.7 cm³/mol. The van der Waals surface area contributed by atoms with E-state index < -0.39 is 5.60 Å². The minimum Gasteiger partial charge on any atom is -0.444 e. The molecule has 1 fully saturated rings. The first-order chi connectivity index (χ1) is 9.42. The maximum atomic E-state index is 11.9. The largest absolute Gasteiger partial charge is 0.444 e. The number of carbonyl (C=O) groups is 1. The van der Waals surface area contributed by atoms with Crippen LogP contribution in [0.5, 0.6) is 0 Å². The molecule has 0 radical (unpaired) electrons. The second-order valence-corrected chi connectivity index (χ2v) is 6.90. The molecule has 4 nitrogen and oxygen atoms in total. The van der Waals surface area contributed by atoms with E-state index in [1.807, 2.05) is 25.7 Å². The van der Waals surface area contributed by atoms with Gasteiger partial charge in [-0.2, -0.15) is 0 Å². The van der Waals surface area contributed by atoms with E-state index in [1.165, 1.54) is 25.7 Å². The second-order valence-electron chi connectivity index (χ2n) is 6.90. The molecular formula is C16H32N2O2. The number of nitrogens with zero attached hydrogens (tertiary/aromatic N) is 1. The molecule has 0 atom stereocenters. The molecule has 1 saturated heterocycles. The van der Waals surface area contributed by atoms with E-state index in [4.69, 9.17) is 10.5 Å². The van der Waals surface area contributed by atoms with Crippen molar-refractivity contribution in [1.29, 1.82) is 0 Å². The molecule has 0 aliphatic carbocycles. The van der Waals surface area contributed by atoms with E-state index in [9.17, 15) is 4.79 Å². The number of ether oxygens (including phenoxy) is 1. The number of rotatable bonds is 6. The number of piperidine rings is 1. The highest BCUT2D eigenvalue weighted by Crippen LogP contribution is 2.24. The molecule has 2 N–H and O–H groups in total. The van der Waals surface area contributed by atoms with Gasteiger partial charge in [0.2, 0.25) is 0 Å². The van der Waals surface area contributed by atoms with Gasteiger partial charge in [-0.05, 0) is 52.5 Å². The maximum absolute atomic E-state index is 11.9. The number of likely N-dealkylation sites (tertiary alicyclic amines) is 1. The van der Waals surface area contributed by atoms with E-state index >= 15 is 0 Å². The van der Waals surface area contributed by atoms with Gasteiger partial charge < -0.3 is 15.4 Å². The summed E-state index contributed by atoms with van der Waals surface area (Å²) in [5.41, 5.74) is 5.10. The Labute approximate surface area is 124 Å². The number of unbranched alkanes of at least 4 members (excludes halogenated alkanes) is 3. The first-order valence-corrected chi connectivity index (χ1v) is 8.10. The molecule has 4 heteroatoms. The lowest BCUT2D eigenvalue weighted by molar-refractivity contribution is 0.0180. The zero-order valence-corrected chi connectivity index (χ0v) is 13.5. The summed E-state index contributed by atoms with van der Waals surface area (Å²) in [5.74, 6) is 0.784. The Morgan fingerprint density at radius 1 is 1.15 bits per heavy atom. The standard InChI is InChI=1S/C16H32N2O2/c1-16(2,3)20-15(19)18-12-9-14(10-13-18)8-6-4-5-7-11-17/h14H,4-13,17H2,1-3H3. The summed E-state index contributed by atoms with van der Waals surface area (Å²) in [4.78, 5) is 13.8. The Hall–Kier alpha value is -0.770. The van der Waals surface area contributed by atoms with Crippen LogP contribution in [0.3, 0.4) is 0 Å². The second kappa shape index (κ2) is 8.50. The summed E-state index contributed by atoms with van der Waals surface area (Å²) >= 11 is 0. The Bertz CT molecular complexity index is 279. The molecule has 1 heterocycles. The lowest BCUT2D eigenvalue weighted by Crippen LogP contribution is -2.41. The van der Waals surface area contributed by atoms with Crippen molar-refractivity contribution >= 4 is 6.09 Å². The van der Waals surface area contributed by atoms with Gasteiger partial charge in [-0.3, -0.25) is 0 Å². The number of hydrogen-bond donors (Lipinski definition) is 1. The quantitative estimate of drug-likeness (QED) is 0.759. The van der Waals surface area contributed by atoms with Crippen molar-refractivity contribution in [2.24, 2.45) is 11.7 Å². The third-order valence-electron chi connectivity index (χ3n) is 3.83. The van der Waals surface area contributed by atoms with Crippen molar-refractivity contribution in [3.05, 3.63) is 0 Å². The van der Waals surface area contributed by atoms with Gasteiger partial charge in [0.25, 0.3) is 0 Å². The normalized spacial score (nSPS) is 17.3. The predicted octanol–water partition coefficient (Wildman–Crippen LogP) is 3.54. The van der Waals surface area contributed by atoms with Gasteiger partial charge in [-0.15, -0.1) is 0 Å². The van der Waals surface area contributed by atoms with Crippen molar-refractivity contribution in [2.45, 2.75) is 71.3 Å². The summed E-state index contributed by atoms with van der Waals surface area (Å²) in [6.45, 7) is 8.26.